The molecular weight excluding hydrogens is 376 g/mol. The Labute approximate surface area is 174 Å². The highest BCUT2D eigenvalue weighted by atomic mass is 16.4. The molecule has 0 heterocycles. The Morgan fingerprint density at radius 3 is 1.72 bits per heavy atom. The maximum Gasteiger partial charge on any atom is 0.321 e. The van der Waals surface area contributed by atoms with Crippen molar-refractivity contribution in [2.45, 2.75) is 38.6 Å². The molecular formula is C21H39N2O6+. The molecule has 1 aromatic rings. The van der Waals surface area contributed by atoms with Crippen LogP contribution >= 0.6 is 0 Å². The van der Waals surface area contributed by atoms with Crippen molar-refractivity contribution in [1.29, 1.82) is 0 Å². The van der Waals surface area contributed by atoms with Gasteiger partial charge >= 0.3 is 5.97 Å². The number of rotatable bonds is 11. The predicted molar refractivity (Wildman–Crippen MR) is 112 cm³/mol. The summed E-state index contributed by atoms with van der Waals surface area (Å²) >= 11 is 0. The van der Waals surface area contributed by atoms with Crippen LogP contribution in [0.1, 0.15) is 19.4 Å². The normalized spacial score (nSPS) is 14.9. The highest BCUT2D eigenvalue weighted by Gasteiger charge is 2.31. The average molecular weight is 416 g/mol. The maximum atomic E-state index is 11.2. The van der Waals surface area contributed by atoms with Gasteiger partial charge in [0, 0.05) is 18.7 Å². The second kappa shape index (κ2) is 13.6. The Balaban J connectivity index is 0.000000604. The van der Waals surface area contributed by atoms with Crippen molar-refractivity contribution in [3.63, 3.8) is 0 Å². The zero-order valence-electron chi connectivity index (χ0n) is 18.3. The summed E-state index contributed by atoms with van der Waals surface area (Å²) in [5, 5.41) is 45.5. The van der Waals surface area contributed by atoms with E-state index in [1.807, 2.05) is 0 Å². The minimum Gasteiger partial charge on any atom is -0.480 e. The summed E-state index contributed by atoms with van der Waals surface area (Å²) in [5.41, 5.74) is 1.40. The van der Waals surface area contributed by atoms with E-state index in [1.165, 1.54) is 10.5 Å². The van der Waals surface area contributed by atoms with Gasteiger partial charge in [0.2, 0.25) is 0 Å². The van der Waals surface area contributed by atoms with Gasteiger partial charge in [-0.1, -0.05) is 44.2 Å². The molecule has 1 aromatic carbocycles. The summed E-state index contributed by atoms with van der Waals surface area (Å²) < 4.78 is 0.990. The molecule has 0 aliphatic heterocycles. The SMILES string of the molecule is CC(C)C(C(=O)O)N(CC(O)CO)CC(O)CO.C[N+](C)(C)Cc1ccccc1. The van der Waals surface area contributed by atoms with Gasteiger partial charge in [0.25, 0.3) is 0 Å². The van der Waals surface area contributed by atoms with Crippen molar-refractivity contribution >= 4 is 5.97 Å². The molecule has 29 heavy (non-hydrogen) atoms. The number of hydrogen-bond acceptors (Lipinski definition) is 6. The first-order chi connectivity index (χ1) is 13.4. The third kappa shape index (κ3) is 12.6. The highest BCUT2D eigenvalue weighted by molar-refractivity contribution is 5.73. The van der Waals surface area contributed by atoms with Crippen LogP contribution in [0.3, 0.4) is 0 Å². The Morgan fingerprint density at radius 2 is 1.41 bits per heavy atom. The fourth-order valence-corrected chi connectivity index (χ4v) is 2.95. The fourth-order valence-electron chi connectivity index (χ4n) is 2.95. The number of aliphatic hydroxyl groups excluding tert-OH is 4. The molecule has 1 rings (SSSR count). The number of aliphatic carboxylic acids is 1. The lowest BCUT2D eigenvalue weighted by atomic mass is 10.0. The van der Waals surface area contributed by atoms with Gasteiger partial charge in [-0.05, 0) is 5.92 Å². The minimum absolute atomic E-state index is 0.0806. The van der Waals surface area contributed by atoms with Gasteiger partial charge < -0.3 is 30.0 Å². The number of aliphatic hydroxyl groups is 4. The molecule has 8 nitrogen and oxygen atoms in total. The first kappa shape index (κ1) is 27.5. The van der Waals surface area contributed by atoms with Crippen molar-refractivity contribution in [2.24, 2.45) is 5.92 Å². The van der Waals surface area contributed by atoms with E-state index >= 15 is 0 Å². The van der Waals surface area contributed by atoms with Crippen LogP contribution in [0.5, 0.6) is 0 Å². The summed E-state index contributed by atoms with van der Waals surface area (Å²) in [6.07, 6.45) is -2.17. The first-order valence-electron chi connectivity index (χ1n) is 9.80. The van der Waals surface area contributed by atoms with Crippen LogP contribution in [0.4, 0.5) is 0 Å². The summed E-state index contributed by atoms with van der Waals surface area (Å²) in [5.74, 6) is -1.31. The fraction of sp³-hybridized carbons (Fsp3) is 0.667. The Bertz CT molecular complexity index is 550. The molecule has 8 heteroatoms. The van der Waals surface area contributed by atoms with Crippen molar-refractivity contribution in [3.8, 4) is 0 Å². The molecule has 0 spiro atoms. The van der Waals surface area contributed by atoms with Crippen LogP contribution in [0.2, 0.25) is 0 Å². The van der Waals surface area contributed by atoms with E-state index in [9.17, 15) is 15.0 Å². The number of carbonyl (C=O) groups is 1. The van der Waals surface area contributed by atoms with Crippen LogP contribution in [0.15, 0.2) is 30.3 Å². The number of carboxylic acids is 1. The van der Waals surface area contributed by atoms with Gasteiger partial charge in [-0.2, -0.15) is 0 Å². The zero-order chi connectivity index (χ0) is 22.6. The second-order valence-corrected chi connectivity index (χ2v) is 8.59. The monoisotopic (exact) mass is 415 g/mol. The van der Waals surface area contributed by atoms with Gasteiger partial charge in [-0.3, -0.25) is 9.69 Å². The number of quaternary nitrogens is 1. The molecule has 0 amide bonds. The van der Waals surface area contributed by atoms with Crippen LogP contribution in [0.25, 0.3) is 0 Å². The molecule has 0 radical (unpaired) electrons. The zero-order valence-corrected chi connectivity index (χ0v) is 18.3. The van der Waals surface area contributed by atoms with Gasteiger partial charge in [0.15, 0.2) is 0 Å². The predicted octanol–water partition coefficient (Wildman–Crippen LogP) is -0.00320. The molecule has 0 saturated heterocycles. The minimum atomic E-state index is -1.09. The standard InChI is InChI=1S/C11H23NO6.C10H16N/c1-7(2)10(11(17)18)12(3-8(15)5-13)4-9(16)6-14;1-11(2,3)9-10-7-5-4-6-8-10/h7-10,13-16H,3-6H2,1-2H3,(H,17,18);4-8H,9H2,1-3H3/q;+1. The van der Waals surface area contributed by atoms with Gasteiger partial charge in [-0.25, -0.2) is 0 Å². The van der Waals surface area contributed by atoms with E-state index in [0.717, 1.165) is 11.0 Å². The maximum absolute atomic E-state index is 11.2. The summed E-state index contributed by atoms with van der Waals surface area (Å²) in [7, 11) is 6.60. The number of benzene rings is 1. The molecule has 3 atom stereocenters. The van der Waals surface area contributed by atoms with Crippen molar-refractivity contribution < 1.29 is 34.8 Å². The van der Waals surface area contributed by atoms with E-state index < -0.39 is 37.4 Å². The third-order valence-corrected chi connectivity index (χ3v) is 4.09. The first-order valence-corrected chi connectivity index (χ1v) is 9.80. The molecule has 0 aromatic heterocycles. The molecule has 0 aliphatic carbocycles. The summed E-state index contributed by atoms with van der Waals surface area (Å²) in [6, 6.07) is 9.68. The van der Waals surface area contributed by atoms with Gasteiger partial charge in [0.1, 0.15) is 12.6 Å². The largest absolute Gasteiger partial charge is 0.480 e. The average Bonchev–Trinajstić information content (AvgIpc) is 2.60. The van der Waals surface area contributed by atoms with E-state index in [0.29, 0.717) is 0 Å². The topological polar surface area (TPSA) is 121 Å². The van der Waals surface area contributed by atoms with E-state index in [2.05, 4.69) is 51.5 Å². The molecule has 0 aliphatic rings. The second-order valence-electron chi connectivity index (χ2n) is 8.59. The van der Waals surface area contributed by atoms with Crippen LogP contribution in [-0.4, -0.2) is 107 Å². The van der Waals surface area contributed by atoms with Gasteiger partial charge in [0.05, 0.1) is 46.6 Å². The molecule has 5 N–H and O–H groups in total. The van der Waals surface area contributed by atoms with Crippen molar-refractivity contribution in [1.82, 2.24) is 4.90 Å². The quantitative estimate of drug-likeness (QED) is 0.323. The third-order valence-electron chi connectivity index (χ3n) is 4.09. The molecule has 3 unspecified atom stereocenters. The Morgan fingerprint density at radius 1 is 0.966 bits per heavy atom. The van der Waals surface area contributed by atoms with Crippen molar-refractivity contribution in [3.05, 3.63) is 35.9 Å². The lowest BCUT2D eigenvalue weighted by Crippen LogP contribution is -2.51. The van der Waals surface area contributed by atoms with Crippen molar-refractivity contribution in [2.75, 3.05) is 47.4 Å². The summed E-state index contributed by atoms with van der Waals surface area (Å²) in [6.45, 7) is 3.38. The van der Waals surface area contributed by atoms with Crippen LogP contribution < -0.4 is 0 Å². The van der Waals surface area contributed by atoms with Crippen LogP contribution in [0, 0.1) is 5.92 Å². The smallest absolute Gasteiger partial charge is 0.321 e. The van der Waals surface area contributed by atoms with Crippen LogP contribution in [-0.2, 0) is 11.3 Å². The van der Waals surface area contributed by atoms with E-state index in [1.54, 1.807) is 13.8 Å². The Hall–Kier alpha value is -1.55. The van der Waals surface area contributed by atoms with E-state index in [4.69, 9.17) is 15.3 Å². The Kier molecular flexibility index (Phi) is 12.9. The molecule has 0 saturated carbocycles. The van der Waals surface area contributed by atoms with Gasteiger partial charge in [-0.15, -0.1) is 0 Å². The number of hydrogen-bond donors (Lipinski definition) is 5. The molecule has 0 bridgehead atoms. The lowest BCUT2D eigenvalue weighted by molar-refractivity contribution is -0.884. The molecule has 168 valence electrons. The summed E-state index contributed by atoms with van der Waals surface area (Å²) in [4.78, 5) is 12.5. The highest BCUT2D eigenvalue weighted by Crippen LogP contribution is 2.13. The number of nitrogens with zero attached hydrogens (tertiary/aromatic N) is 2. The lowest BCUT2D eigenvalue weighted by Gasteiger charge is -2.33. The number of carboxylic acid groups (broad SMARTS) is 1. The van der Waals surface area contributed by atoms with E-state index in [-0.39, 0.29) is 19.0 Å². The molecule has 0 fully saturated rings.